The average Bonchev–Trinajstić information content (AvgIpc) is 2.04. The van der Waals surface area contributed by atoms with Gasteiger partial charge >= 0.3 is 0 Å². The van der Waals surface area contributed by atoms with Gasteiger partial charge in [0.1, 0.15) is 0 Å². The summed E-state index contributed by atoms with van der Waals surface area (Å²) in [6.07, 6.45) is 4.02. The average molecular weight is 209 g/mol. The zero-order chi connectivity index (χ0) is 8.41. The standard InChI is InChI=1S/C7H15Br.C2H6/c1-3-5-7(4-2)6-8;1-2/h7H,3-6H2,1-2H3;1-2H3. The molecule has 0 spiro atoms. The van der Waals surface area contributed by atoms with Crippen LogP contribution in [0.15, 0.2) is 0 Å². The van der Waals surface area contributed by atoms with Crippen LogP contribution in [0.3, 0.4) is 0 Å². The Hall–Kier alpha value is 0.480. The zero-order valence-corrected chi connectivity index (χ0v) is 9.37. The van der Waals surface area contributed by atoms with Crippen molar-refractivity contribution in [1.82, 2.24) is 0 Å². The third-order valence-corrected chi connectivity index (χ3v) is 2.41. The Bertz CT molecular complexity index is 40.0. The molecular formula is C9H21Br. The van der Waals surface area contributed by atoms with E-state index >= 15 is 0 Å². The molecule has 0 saturated heterocycles. The second-order valence-corrected chi connectivity index (χ2v) is 2.86. The molecule has 10 heavy (non-hydrogen) atoms. The second kappa shape index (κ2) is 12.2. The molecule has 0 aromatic heterocycles. The minimum absolute atomic E-state index is 0.917. The van der Waals surface area contributed by atoms with Crippen molar-refractivity contribution >= 4 is 15.9 Å². The van der Waals surface area contributed by atoms with E-state index in [2.05, 4.69) is 29.8 Å². The number of hydrogen-bond donors (Lipinski definition) is 0. The zero-order valence-electron chi connectivity index (χ0n) is 7.78. The van der Waals surface area contributed by atoms with E-state index < -0.39 is 0 Å². The van der Waals surface area contributed by atoms with Gasteiger partial charge in [-0.25, -0.2) is 0 Å². The number of halogens is 1. The van der Waals surface area contributed by atoms with Crippen LogP contribution in [-0.4, -0.2) is 5.33 Å². The minimum atomic E-state index is 0.917. The predicted octanol–water partition coefficient (Wildman–Crippen LogP) is 4.23. The first kappa shape index (κ1) is 13.1. The van der Waals surface area contributed by atoms with Crippen molar-refractivity contribution in [2.45, 2.75) is 47.0 Å². The molecule has 64 valence electrons. The summed E-state index contributed by atoms with van der Waals surface area (Å²) < 4.78 is 0. The van der Waals surface area contributed by atoms with Gasteiger partial charge in [-0.2, -0.15) is 0 Å². The quantitative estimate of drug-likeness (QED) is 0.607. The van der Waals surface area contributed by atoms with Gasteiger partial charge in [-0.3, -0.25) is 0 Å². The van der Waals surface area contributed by atoms with Crippen molar-refractivity contribution in [3.05, 3.63) is 0 Å². The maximum Gasteiger partial charge on any atom is 0.00595 e. The first-order chi connectivity index (χ1) is 4.85. The molecule has 0 N–H and O–H groups in total. The molecule has 1 unspecified atom stereocenters. The molecule has 0 aromatic carbocycles. The van der Waals surface area contributed by atoms with Gasteiger partial charge in [-0.15, -0.1) is 0 Å². The minimum Gasteiger partial charge on any atom is -0.0925 e. The molecule has 0 heterocycles. The molecule has 1 atom stereocenters. The lowest BCUT2D eigenvalue weighted by Gasteiger charge is -2.07. The first-order valence-corrected chi connectivity index (χ1v) is 5.53. The Kier molecular flexibility index (Phi) is 16.0. The fourth-order valence-corrected chi connectivity index (χ4v) is 1.58. The van der Waals surface area contributed by atoms with Gasteiger partial charge in [0.25, 0.3) is 0 Å². The van der Waals surface area contributed by atoms with Crippen molar-refractivity contribution in [3.63, 3.8) is 0 Å². The lowest BCUT2D eigenvalue weighted by molar-refractivity contribution is 0.520. The molecule has 0 nitrogen and oxygen atoms in total. The van der Waals surface area contributed by atoms with Gasteiger partial charge in [-0.05, 0) is 12.3 Å². The molecule has 0 aromatic rings. The van der Waals surface area contributed by atoms with Gasteiger partial charge in [-0.1, -0.05) is 56.5 Å². The van der Waals surface area contributed by atoms with Crippen molar-refractivity contribution in [1.29, 1.82) is 0 Å². The summed E-state index contributed by atoms with van der Waals surface area (Å²) in [6.45, 7) is 8.49. The maximum absolute atomic E-state index is 3.48. The molecule has 0 amide bonds. The van der Waals surface area contributed by atoms with Gasteiger partial charge in [0.15, 0.2) is 0 Å². The third kappa shape index (κ3) is 8.48. The smallest absolute Gasteiger partial charge is 0.00595 e. The molecule has 0 aliphatic rings. The van der Waals surface area contributed by atoms with Crippen molar-refractivity contribution in [2.75, 3.05) is 5.33 Å². The third-order valence-electron chi connectivity index (χ3n) is 1.49. The van der Waals surface area contributed by atoms with Crippen LogP contribution < -0.4 is 0 Å². The van der Waals surface area contributed by atoms with E-state index in [1.54, 1.807) is 0 Å². The highest BCUT2D eigenvalue weighted by Gasteiger charge is 1.99. The Morgan fingerprint density at radius 3 is 1.80 bits per heavy atom. The normalized spacial score (nSPS) is 11.7. The summed E-state index contributed by atoms with van der Waals surface area (Å²) in [7, 11) is 0. The van der Waals surface area contributed by atoms with Crippen molar-refractivity contribution < 1.29 is 0 Å². The fraction of sp³-hybridized carbons (Fsp3) is 1.00. The van der Waals surface area contributed by atoms with Gasteiger partial charge in [0, 0.05) is 5.33 Å². The number of rotatable bonds is 4. The highest BCUT2D eigenvalue weighted by atomic mass is 79.9. The summed E-state index contributed by atoms with van der Waals surface area (Å²) in [5, 5.41) is 1.18. The largest absolute Gasteiger partial charge is 0.0925 e. The van der Waals surface area contributed by atoms with Crippen LogP contribution in [0.1, 0.15) is 47.0 Å². The molecular weight excluding hydrogens is 188 g/mol. The molecule has 0 fully saturated rings. The lowest BCUT2D eigenvalue weighted by atomic mass is 10.0. The number of alkyl halides is 1. The Morgan fingerprint density at radius 2 is 1.70 bits per heavy atom. The van der Waals surface area contributed by atoms with Crippen LogP contribution in [0.5, 0.6) is 0 Å². The van der Waals surface area contributed by atoms with E-state index in [0.29, 0.717) is 0 Å². The summed E-state index contributed by atoms with van der Waals surface area (Å²) in [5.41, 5.74) is 0. The Labute approximate surface area is 74.5 Å². The Balaban J connectivity index is 0. The van der Waals surface area contributed by atoms with Crippen LogP contribution in [0, 0.1) is 5.92 Å². The summed E-state index contributed by atoms with van der Waals surface area (Å²) in [4.78, 5) is 0. The van der Waals surface area contributed by atoms with E-state index in [1.807, 2.05) is 13.8 Å². The monoisotopic (exact) mass is 208 g/mol. The fourth-order valence-electron chi connectivity index (χ4n) is 0.799. The van der Waals surface area contributed by atoms with Crippen molar-refractivity contribution in [3.8, 4) is 0 Å². The predicted molar refractivity (Wildman–Crippen MR) is 53.8 cm³/mol. The first-order valence-electron chi connectivity index (χ1n) is 4.41. The van der Waals surface area contributed by atoms with E-state index in [4.69, 9.17) is 0 Å². The second-order valence-electron chi connectivity index (χ2n) is 2.22. The summed E-state index contributed by atoms with van der Waals surface area (Å²) in [6, 6.07) is 0. The summed E-state index contributed by atoms with van der Waals surface area (Å²) in [5.74, 6) is 0.917. The van der Waals surface area contributed by atoms with Gasteiger partial charge < -0.3 is 0 Å². The lowest BCUT2D eigenvalue weighted by Crippen LogP contribution is -1.97. The van der Waals surface area contributed by atoms with E-state index in [1.165, 1.54) is 24.6 Å². The van der Waals surface area contributed by atoms with Crippen LogP contribution >= 0.6 is 15.9 Å². The molecule has 0 radical (unpaired) electrons. The van der Waals surface area contributed by atoms with Crippen LogP contribution in [0.4, 0.5) is 0 Å². The molecule has 0 aliphatic carbocycles. The molecule has 0 aliphatic heterocycles. The summed E-state index contributed by atoms with van der Waals surface area (Å²) >= 11 is 3.48. The topological polar surface area (TPSA) is 0 Å². The molecule has 0 saturated carbocycles. The van der Waals surface area contributed by atoms with Crippen LogP contribution in [0.25, 0.3) is 0 Å². The maximum atomic E-state index is 3.48. The van der Waals surface area contributed by atoms with E-state index in [0.717, 1.165) is 5.92 Å². The molecule has 0 rings (SSSR count). The number of hydrogen-bond acceptors (Lipinski definition) is 0. The van der Waals surface area contributed by atoms with Crippen molar-refractivity contribution in [2.24, 2.45) is 5.92 Å². The van der Waals surface area contributed by atoms with Gasteiger partial charge in [0.2, 0.25) is 0 Å². The molecule has 1 heteroatoms. The van der Waals surface area contributed by atoms with Crippen LogP contribution in [-0.2, 0) is 0 Å². The highest BCUT2D eigenvalue weighted by molar-refractivity contribution is 9.09. The van der Waals surface area contributed by atoms with Gasteiger partial charge in [0.05, 0.1) is 0 Å². The van der Waals surface area contributed by atoms with E-state index in [9.17, 15) is 0 Å². The molecule has 0 bridgehead atoms. The van der Waals surface area contributed by atoms with Crippen LogP contribution in [0.2, 0.25) is 0 Å². The SMILES string of the molecule is CC.CCCC(CC)CBr. The highest BCUT2D eigenvalue weighted by Crippen LogP contribution is 2.12. The van der Waals surface area contributed by atoms with E-state index in [-0.39, 0.29) is 0 Å². The Morgan fingerprint density at radius 1 is 1.20 bits per heavy atom.